The number of benzene rings is 1. The molecule has 2 amide bonds. The summed E-state index contributed by atoms with van der Waals surface area (Å²) in [6.45, 7) is 7.04. The molecule has 0 radical (unpaired) electrons. The van der Waals surface area contributed by atoms with Gasteiger partial charge in [-0.1, -0.05) is 23.7 Å². The standard InChI is InChI=1S/C25H30ClFN4O5/c1-16-13-30(14-17-4-6-19(27)7-5-17)8-9-31(16)22(33)15-36-23-20(10-18(26)12-28-23)29-21(32)11-25(2,3)24(34)35/h4-7,10,12,16H,8-9,11,13-15H2,1-3H3,(H,29,32)(H,34,35). The summed E-state index contributed by atoms with van der Waals surface area (Å²) in [6.07, 6.45) is 1.06. The number of hydrogen-bond donors (Lipinski definition) is 2. The molecular weight excluding hydrogens is 491 g/mol. The Kier molecular flexibility index (Phi) is 8.86. The van der Waals surface area contributed by atoms with Gasteiger partial charge < -0.3 is 20.1 Å². The highest BCUT2D eigenvalue weighted by atomic mass is 35.5. The van der Waals surface area contributed by atoms with E-state index < -0.39 is 17.3 Å². The third-order valence-corrected chi connectivity index (χ3v) is 6.16. The molecular formula is C25H30ClFN4O5. The van der Waals surface area contributed by atoms with Crippen molar-refractivity contribution in [1.29, 1.82) is 0 Å². The lowest BCUT2D eigenvalue weighted by molar-refractivity contribution is -0.149. The number of nitrogens with zero attached hydrogens (tertiary/aromatic N) is 3. The smallest absolute Gasteiger partial charge is 0.309 e. The molecule has 36 heavy (non-hydrogen) atoms. The zero-order chi connectivity index (χ0) is 26.5. The van der Waals surface area contributed by atoms with Gasteiger partial charge in [-0.25, -0.2) is 9.37 Å². The number of ether oxygens (including phenoxy) is 1. The van der Waals surface area contributed by atoms with Crippen LogP contribution in [0.15, 0.2) is 36.5 Å². The Morgan fingerprint density at radius 3 is 2.58 bits per heavy atom. The van der Waals surface area contributed by atoms with Gasteiger partial charge in [-0.05, 0) is 44.5 Å². The van der Waals surface area contributed by atoms with E-state index in [0.29, 0.717) is 26.2 Å². The molecule has 0 aliphatic carbocycles. The molecule has 0 spiro atoms. The van der Waals surface area contributed by atoms with E-state index in [9.17, 15) is 23.9 Å². The van der Waals surface area contributed by atoms with Gasteiger partial charge in [-0.3, -0.25) is 19.3 Å². The molecule has 194 valence electrons. The molecule has 1 aliphatic rings. The van der Waals surface area contributed by atoms with E-state index in [-0.39, 0.29) is 47.4 Å². The van der Waals surface area contributed by atoms with Crippen LogP contribution in [0.4, 0.5) is 10.1 Å². The first-order valence-corrected chi connectivity index (χ1v) is 11.9. The number of aliphatic carboxylic acids is 1. The SMILES string of the molecule is CC1CN(Cc2ccc(F)cc2)CCN1C(=O)COc1ncc(Cl)cc1NC(=O)CC(C)(C)C(=O)O. The Labute approximate surface area is 214 Å². The highest BCUT2D eigenvalue weighted by Gasteiger charge is 2.31. The molecule has 1 fully saturated rings. The molecule has 1 saturated heterocycles. The molecule has 0 bridgehead atoms. The summed E-state index contributed by atoms with van der Waals surface area (Å²) in [7, 11) is 0. The fourth-order valence-corrected chi connectivity index (χ4v) is 4.07. The molecule has 11 heteroatoms. The molecule has 1 atom stereocenters. The van der Waals surface area contributed by atoms with Gasteiger partial charge in [0, 0.05) is 44.8 Å². The van der Waals surface area contributed by atoms with Crippen LogP contribution in [0.3, 0.4) is 0 Å². The number of carbonyl (C=O) groups is 3. The normalized spacial score (nSPS) is 16.5. The second-order valence-electron chi connectivity index (χ2n) is 9.51. The van der Waals surface area contributed by atoms with Crippen molar-refractivity contribution in [1.82, 2.24) is 14.8 Å². The summed E-state index contributed by atoms with van der Waals surface area (Å²) in [5.74, 6) is -2.14. The first kappa shape index (κ1) is 27.3. The van der Waals surface area contributed by atoms with Crippen LogP contribution >= 0.6 is 11.6 Å². The topological polar surface area (TPSA) is 112 Å². The summed E-state index contributed by atoms with van der Waals surface area (Å²) in [5.41, 5.74) is -0.109. The van der Waals surface area contributed by atoms with Crippen LogP contribution in [0, 0.1) is 11.2 Å². The number of nitrogens with one attached hydrogen (secondary N) is 1. The number of anilines is 1. The van der Waals surface area contributed by atoms with Crippen molar-refractivity contribution in [3.05, 3.63) is 52.9 Å². The second kappa shape index (κ2) is 11.7. The lowest BCUT2D eigenvalue weighted by Crippen LogP contribution is -2.54. The van der Waals surface area contributed by atoms with Crippen LogP contribution in [0.25, 0.3) is 0 Å². The van der Waals surface area contributed by atoms with E-state index in [4.69, 9.17) is 16.3 Å². The number of hydrogen-bond acceptors (Lipinski definition) is 6. The van der Waals surface area contributed by atoms with E-state index in [2.05, 4.69) is 15.2 Å². The van der Waals surface area contributed by atoms with Crippen molar-refractivity contribution < 1.29 is 28.6 Å². The lowest BCUT2D eigenvalue weighted by Gasteiger charge is -2.39. The number of carboxylic acids is 1. The number of amides is 2. The third kappa shape index (κ3) is 7.38. The van der Waals surface area contributed by atoms with Crippen LogP contribution in [0.2, 0.25) is 5.02 Å². The van der Waals surface area contributed by atoms with Crippen LogP contribution in [0.1, 0.15) is 32.8 Å². The maximum atomic E-state index is 13.1. The average Bonchev–Trinajstić information content (AvgIpc) is 2.79. The van der Waals surface area contributed by atoms with E-state index in [0.717, 1.165) is 5.56 Å². The quantitative estimate of drug-likeness (QED) is 0.521. The summed E-state index contributed by atoms with van der Waals surface area (Å²) in [6, 6.07) is 7.74. The molecule has 0 saturated carbocycles. The molecule has 1 unspecified atom stereocenters. The summed E-state index contributed by atoms with van der Waals surface area (Å²) >= 11 is 6.00. The minimum atomic E-state index is -1.26. The van der Waals surface area contributed by atoms with Crippen molar-refractivity contribution in [3.8, 4) is 5.88 Å². The van der Waals surface area contributed by atoms with Crippen LogP contribution in [-0.4, -0.2) is 70.0 Å². The number of rotatable bonds is 9. The van der Waals surface area contributed by atoms with E-state index in [1.807, 2.05) is 6.92 Å². The Morgan fingerprint density at radius 1 is 1.25 bits per heavy atom. The molecule has 2 heterocycles. The van der Waals surface area contributed by atoms with E-state index in [1.54, 1.807) is 17.0 Å². The first-order chi connectivity index (χ1) is 16.9. The van der Waals surface area contributed by atoms with Gasteiger partial charge in [-0.2, -0.15) is 0 Å². The van der Waals surface area contributed by atoms with Crippen LogP contribution in [-0.2, 0) is 20.9 Å². The monoisotopic (exact) mass is 520 g/mol. The Bertz CT molecular complexity index is 1110. The fourth-order valence-electron chi connectivity index (χ4n) is 3.91. The summed E-state index contributed by atoms with van der Waals surface area (Å²) in [4.78, 5) is 44.6. The fraction of sp³-hybridized carbons (Fsp3) is 0.440. The molecule has 2 N–H and O–H groups in total. The highest BCUT2D eigenvalue weighted by Crippen LogP contribution is 2.27. The van der Waals surface area contributed by atoms with Crippen LogP contribution in [0.5, 0.6) is 5.88 Å². The maximum Gasteiger partial charge on any atom is 0.309 e. The van der Waals surface area contributed by atoms with E-state index in [1.165, 1.54) is 38.2 Å². The Hall–Kier alpha value is -3.24. The van der Waals surface area contributed by atoms with Gasteiger partial charge in [0.1, 0.15) is 11.5 Å². The van der Waals surface area contributed by atoms with E-state index >= 15 is 0 Å². The predicted octanol–water partition coefficient (Wildman–Crippen LogP) is 3.43. The second-order valence-corrected chi connectivity index (χ2v) is 9.94. The van der Waals surface area contributed by atoms with Crippen LogP contribution < -0.4 is 10.1 Å². The van der Waals surface area contributed by atoms with Gasteiger partial charge in [0.15, 0.2) is 6.61 Å². The van der Waals surface area contributed by atoms with Crippen molar-refractivity contribution in [2.24, 2.45) is 5.41 Å². The number of carboxylic acid groups (broad SMARTS) is 1. The Morgan fingerprint density at radius 2 is 1.94 bits per heavy atom. The highest BCUT2D eigenvalue weighted by molar-refractivity contribution is 6.30. The molecule has 1 aliphatic heterocycles. The van der Waals surface area contributed by atoms with Crippen molar-refractivity contribution in [2.75, 3.05) is 31.6 Å². The van der Waals surface area contributed by atoms with Gasteiger partial charge in [0.25, 0.3) is 5.91 Å². The van der Waals surface area contributed by atoms with Gasteiger partial charge in [0.2, 0.25) is 11.8 Å². The zero-order valence-electron chi connectivity index (χ0n) is 20.5. The minimum absolute atomic E-state index is 0.0110. The number of carbonyl (C=O) groups excluding carboxylic acids is 2. The number of pyridine rings is 1. The lowest BCUT2D eigenvalue weighted by atomic mass is 9.89. The Balaban J connectivity index is 1.56. The molecule has 9 nitrogen and oxygen atoms in total. The molecule has 1 aromatic heterocycles. The largest absolute Gasteiger partial charge is 0.481 e. The van der Waals surface area contributed by atoms with Crippen molar-refractivity contribution >= 4 is 35.1 Å². The third-order valence-electron chi connectivity index (χ3n) is 5.96. The molecule has 3 rings (SSSR count). The number of aromatic nitrogens is 1. The zero-order valence-corrected chi connectivity index (χ0v) is 21.2. The minimum Gasteiger partial charge on any atom is -0.481 e. The first-order valence-electron chi connectivity index (χ1n) is 11.5. The molecule has 2 aromatic rings. The maximum absolute atomic E-state index is 13.1. The van der Waals surface area contributed by atoms with Gasteiger partial charge in [0.05, 0.1) is 10.4 Å². The summed E-state index contributed by atoms with van der Waals surface area (Å²) < 4.78 is 18.8. The van der Waals surface area contributed by atoms with Crippen molar-refractivity contribution in [3.63, 3.8) is 0 Å². The summed E-state index contributed by atoms with van der Waals surface area (Å²) in [5, 5.41) is 12.1. The van der Waals surface area contributed by atoms with Gasteiger partial charge >= 0.3 is 5.97 Å². The van der Waals surface area contributed by atoms with Gasteiger partial charge in [-0.15, -0.1) is 0 Å². The average molecular weight is 521 g/mol. The molecule has 1 aromatic carbocycles. The van der Waals surface area contributed by atoms with Crippen molar-refractivity contribution in [2.45, 2.75) is 39.8 Å². The number of piperazine rings is 1. The predicted molar refractivity (Wildman–Crippen MR) is 132 cm³/mol. The number of halogens is 2.